The summed E-state index contributed by atoms with van der Waals surface area (Å²) >= 11 is 5.86. The van der Waals surface area contributed by atoms with E-state index < -0.39 is 12.0 Å². The Morgan fingerprint density at radius 2 is 1.78 bits per heavy atom. The third kappa shape index (κ3) is 13.9. The lowest BCUT2D eigenvalue weighted by Crippen LogP contribution is -3.00. The number of hydrogen-bond acceptors (Lipinski definition) is 6. The Balaban J connectivity index is 0.00000648. The number of unbranched alkanes of at least 4 members (excludes halogenated alkanes) is 3. The van der Waals surface area contributed by atoms with Crippen molar-refractivity contribution in [2.75, 3.05) is 18.5 Å². The lowest BCUT2D eigenvalue weighted by molar-refractivity contribution is -0.727. The number of hydrogen-bond donors (Lipinski definition) is 3. The zero-order valence-electron chi connectivity index (χ0n) is 21.0. The number of nitriles is 1. The molecule has 2 rings (SSSR count). The Labute approximate surface area is 236 Å². The number of benzene rings is 1. The molecule has 0 unspecified atom stereocenters. The molecule has 12 heteroatoms. The van der Waals surface area contributed by atoms with Gasteiger partial charge in [-0.15, -0.1) is 12.4 Å². The van der Waals surface area contributed by atoms with Crippen molar-refractivity contribution >= 4 is 41.6 Å². The first-order valence-corrected chi connectivity index (χ1v) is 12.0. The highest BCUT2D eigenvalue weighted by atomic mass is 35.5. The van der Waals surface area contributed by atoms with Crippen LogP contribution >= 0.6 is 24.0 Å². The van der Waals surface area contributed by atoms with Gasteiger partial charge in [-0.3, -0.25) is 15.1 Å². The Kier molecular flexibility index (Phi) is 17.9. The number of carbonyl (C=O) groups excluding carboxylic acids is 1. The Morgan fingerprint density at radius 3 is 2.41 bits per heavy atom. The van der Waals surface area contributed by atoms with Gasteiger partial charge in [0.15, 0.2) is 18.6 Å². The van der Waals surface area contributed by atoms with Gasteiger partial charge in [-0.1, -0.05) is 31.9 Å². The fourth-order valence-corrected chi connectivity index (χ4v) is 3.04. The number of nitrogens with zero attached hydrogens (tertiary/aromatic N) is 3. The number of halogens is 3. The molecule has 0 saturated carbocycles. The van der Waals surface area contributed by atoms with E-state index in [4.69, 9.17) is 32.1 Å². The molecular weight excluding hydrogens is 539 g/mol. The highest BCUT2D eigenvalue weighted by molar-refractivity contribution is 6.30. The molecule has 0 spiro atoms. The van der Waals surface area contributed by atoms with E-state index in [-0.39, 0.29) is 37.5 Å². The highest BCUT2D eigenvalue weighted by Gasteiger charge is 2.19. The number of pyridine rings is 1. The van der Waals surface area contributed by atoms with Crippen molar-refractivity contribution in [3.63, 3.8) is 0 Å². The summed E-state index contributed by atoms with van der Waals surface area (Å²) in [5, 5.41) is 15.4. The summed E-state index contributed by atoms with van der Waals surface area (Å²) in [7, 11) is 0. The molecule has 2 aromatic rings. The van der Waals surface area contributed by atoms with Gasteiger partial charge in [0.2, 0.25) is 5.96 Å². The predicted octanol–water partition coefficient (Wildman–Crippen LogP) is 1.02. The Bertz CT molecular complexity index is 983. The van der Waals surface area contributed by atoms with Crippen molar-refractivity contribution in [1.82, 2.24) is 5.32 Å². The second kappa shape index (κ2) is 19.4. The number of guanidine groups is 1. The zero-order chi connectivity index (χ0) is 25.5. The van der Waals surface area contributed by atoms with E-state index in [2.05, 4.69) is 15.6 Å². The second-order valence-corrected chi connectivity index (χ2v) is 8.71. The van der Waals surface area contributed by atoms with Crippen molar-refractivity contribution in [3.05, 3.63) is 53.8 Å². The van der Waals surface area contributed by atoms with E-state index in [1.165, 1.54) is 0 Å². The quantitative estimate of drug-likeness (QED) is 0.0621. The van der Waals surface area contributed by atoms with Crippen LogP contribution in [0.15, 0.2) is 53.8 Å². The van der Waals surface area contributed by atoms with Crippen LogP contribution in [0.25, 0.3) is 0 Å². The summed E-state index contributed by atoms with van der Waals surface area (Å²) in [6.07, 6.45) is 9.31. The molecule has 37 heavy (non-hydrogen) atoms. The first kappa shape index (κ1) is 34.2. The van der Waals surface area contributed by atoms with Crippen molar-refractivity contribution < 1.29 is 31.2 Å². The maximum atomic E-state index is 11.9. The molecule has 1 aromatic heterocycles. The fraction of sp³-hybridized carbons (Fsp3) is 0.440. The van der Waals surface area contributed by atoms with E-state index in [0.29, 0.717) is 24.1 Å². The van der Waals surface area contributed by atoms with Gasteiger partial charge in [0, 0.05) is 23.7 Å². The van der Waals surface area contributed by atoms with Crippen LogP contribution in [0, 0.1) is 17.4 Å². The number of anilines is 1. The van der Waals surface area contributed by atoms with Gasteiger partial charge < -0.3 is 32.9 Å². The predicted molar refractivity (Wildman–Crippen MR) is 143 cm³/mol. The highest BCUT2D eigenvalue weighted by Crippen LogP contribution is 2.16. The average Bonchev–Trinajstić information content (AvgIpc) is 2.85. The molecule has 1 heterocycles. The van der Waals surface area contributed by atoms with Crippen molar-refractivity contribution in [1.29, 1.82) is 5.26 Å². The first-order valence-electron chi connectivity index (χ1n) is 11.7. The van der Waals surface area contributed by atoms with Crippen LogP contribution in [-0.2, 0) is 16.3 Å². The molecule has 0 fully saturated rings. The third-order valence-corrected chi connectivity index (χ3v) is 5.33. The first-order chi connectivity index (χ1) is 16.9. The summed E-state index contributed by atoms with van der Waals surface area (Å²) < 4.78 is 12.6. The number of carbonyl (C=O) groups is 1. The Hall–Kier alpha value is -2.77. The number of nitrogens with one attached hydrogen (secondary N) is 2. The summed E-state index contributed by atoms with van der Waals surface area (Å²) in [4.78, 5) is 16.3. The zero-order valence-corrected chi connectivity index (χ0v) is 23.4. The van der Waals surface area contributed by atoms with Crippen LogP contribution in [0.5, 0.6) is 5.75 Å². The molecule has 9 nitrogen and oxygen atoms in total. The van der Waals surface area contributed by atoms with Crippen LogP contribution in [0.1, 0.15) is 39.5 Å². The van der Waals surface area contributed by atoms with Gasteiger partial charge in [-0.25, -0.2) is 0 Å². The smallest absolute Gasteiger partial charge is 0.327 e. The lowest BCUT2D eigenvalue weighted by Gasteiger charge is -2.12. The fourth-order valence-electron chi connectivity index (χ4n) is 2.91. The molecule has 0 aliphatic carbocycles. The molecule has 0 aliphatic heterocycles. The SMILES string of the molecule is CC(C)[C@H](N)C(=O)OC[n+]1ccc(NC(=NCCCCCCOc2ccc(Cl)cc2)NC#N)cc1.Cl.[Cl-]. The molecule has 0 aliphatic rings. The molecule has 0 saturated heterocycles. The Morgan fingerprint density at radius 1 is 1.14 bits per heavy atom. The molecule has 0 radical (unpaired) electrons. The van der Waals surface area contributed by atoms with Crippen molar-refractivity contribution in [2.45, 2.75) is 52.3 Å². The number of nitrogens with two attached hydrogens (primary N) is 1. The minimum atomic E-state index is -0.643. The van der Waals surface area contributed by atoms with E-state index in [1.54, 1.807) is 29.1 Å². The summed E-state index contributed by atoms with van der Waals surface area (Å²) in [6.45, 7) is 5.06. The van der Waals surface area contributed by atoms with Gasteiger partial charge >= 0.3 is 5.97 Å². The monoisotopic (exact) mass is 572 g/mol. The molecule has 1 aromatic carbocycles. The molecule has 0 bridgehead atoms. The minimum absolute atomic E-state index is 0. The van der Waals surface area contributed by atoms with Crippen molar-refractivity contribution in [3.8, 4) is 11.9 Å². The maximum Gasteiger partial charge on any atom is 0.327 e. The van der Waals surface area contributed by atoms with E-state index in [1.807, 2.05) is 44.3 Å². The summed E-state index contributed by atoms with van der Waals surface area (Å²) in [6, 6.07) is 10.3. The van der Waals surface area contributed by atoms with Crippen LogP contribution in [0.2, 0.25) is 5.02 Å². The van der Waals surface area contributed by atoms with Gasteiger partial charge in [0.1, 0.15) is 11.8 Å². The average molecular weight is 574 g/mol. The van der Waals surface area contributed by atoms with Crippen LogP contribution in [-0.4, -0.2) is 31.1 Å². The normalized spacial score (nSPS) is 11.4. The largest absolute Gasteiger partial charge is 1.00 e. The van der Waals surface area contributed by atoms with Gasteiger partial charge in [0.05, 0.1) is 12.3 Å². The molecule has 0 amide bonds. The van der Waals surface area contributed by atoms with Gasteiger partial charge in [0.25, 0.3) is 6.73 Å². The maximum absolute atomic E-state index is 11.9. The van der Waals surface area contributed by atoms with E-state index >= 15 is 0 Å². The van der Waals surface area contributed by atoms with Crippen LogP contribution in [0.3, 0.4) is 0 Å². The second-order valence-electron chi connectivity index (χ2n) is 8.27. The standard InChI is InChI=1S/C25H33ClN6O3.2ClH/c1-19(2)23(28)24(33)35-18-32-14-11-21(12-15-32)31-25(30-17-27)29-13-5-3-4-6-16-34-22-9-7-20(26)8-10-22;;/h7-12,14-15,19,23H,3-6,13,16,18,28H2,1-2H3,(H,29,30);2*1H/t23-;;/m0../s1. The molecular formula is C25H35Cl3N6O3. The number of aliphatic imine (C=N–C) groups is 1. The van der Waals surface area contributed by atoms with Gasteiger partial charge in [-0.05, 0) is 49.4 Å². The van der Waals surface area contributed by atoms with E-state index in [9.17, 15) is 4.79 Å². The number of aromatic nitrogens is 1. The number of ether oxygens (including phenoxy) is 2. The minimum Gasteiger partial charge on any atom is -1.00 e. The summed E-state index contributed by atoms with van der Waals surface area (Å²) in [5.74, 6) is 0.778. The number of rotatable bonds is 13. The topological polar surface area (TPSA) is 126 Å². The lowest BCUT2D eigenvalue weighted by atomic mass is 10.1. The van der Waals surface area contributed by atoms with Crippen LogP contribution < -0.4 is 38.1 Å². The number of esters is 1. The van der Waals surface area contributed by atoms with Gasteiger partial charge in [-0.2, -0.15) is 9.83 Å². The molecule has 204 valence electrons. The van der Waals surface area contributed by atoms with Crippen LogP contribution in [0.4, 0.5) is 5.69 Å². The van der Waals surface area contributed by atoms with E-state index in [0.717, 1.165) is 37.1 Å². The van der Waals surface area contributed by atoms with Crippen molar-refractivity contribution in [2.24, 2.45) is 16.6 Å². The molecule has 4 N–H and O–H groups in total. The molecule has 1 atom stereocenters. The third-order valence-electron chi connectivity index (χ3n) is 5.08. The summed E-state index contributed by atoms with van der Waals surface area (Å²) in [5.41, 5.74) is 6.53.